The first-order valence-electron chi connectivity index (χ1n) is 30.7. The molecule has 14 nitrogen and oxygen atoms in total. The molecule has 0 saturated carbocycles. The molecule has 0 atom stereocenters. The van der Waals surface area contributed by atoms with Crippen molar-refractivity contribution in [1.29, 1.82) is 0 Å². The van der Waals surface area contributed by atoms with E-state index in [2.05, 4.69) is 81.9 Å². The Labute approximate surface area is 536 Å². The van der Waals surface area contributed by atoms with Gasteiger partial charge in [-0.3, -0.25) is 9.59 Å². The molecule has 0 unspecified atom stereocenters. The van der Waals surface area contributed by atoms with Crippen LogP contribution in [0.3, 0.4) is 0 Å². The van der Waals surface area contributed by atoms with Crippen molar-refractivity contribution in [3.63, 3.8) is 0 Å². The van der Waals surface area contributed by atoms with Gasteiger partial charge in [-0.1, -0.05) is 48.5 Å². The van der Waals surface area contributed by atoms with Gasteiger partial charge in [-0.25, -0.2) is 0 Å². The van der Waals surface area contributed by atoms with Gasteiger partial charge in [-0.05, 0) is 189 Å². The SMILES string of the molecule is COc1ccc2c(c1)c1cc(OC)ccc1n2-c1cc(-n2c3ccc(OC)cc3c3cc(OC)ccc32)c2c(=O)c3cc4c(=O)c5cc(-c6ccc7c8ccc(OC)cc8n(OC)c7c6)c(-c6ccc7c8ccc(OC)cc8n(OC)c7c6)cc5ccc4cc3ccc2c1. The lowest BCUT2D eigenvalue weighted by Crippen LogP contribution is -2.07. The van der Waals surface area contributed by atoms with Crippen LogP contribution in [0.15, 0.2) is 216 Å². The predicted molar refractivity (Wildman–Crippen MR) is 379 cm³/mol. The van der Waals surface area contributed by atoms with E-state index < -0.39 is 0 Å². The van der Waals surface area contributed by atoms with E-state index in [0.29, 0.717) is 66.4 Å². The van der Waals surface area contributed by atoms with E-state index in [-0.39, 0.29) is 10.9 Å². The van der Waals surface area contributed by atoms with Crippen molar-refractivity contribution in [3.8, 4) is 68.1 Å². The van der Waals surface area contributed by atoms with Gasteiger partial charge in [0.2, 0.25) is 0 Å². The zero-order valence-electron chi connectivity index (χ0n) is 52.5. The maximum Gasteiger partial charge on any atom is 0.196 e. The summed E-state index contributed by atoms with van der Waals surface area (Å²) < 4.78 is 42.6. The molecule has 458 valence electrons. The molecule has 4 heterocycles. The summed E-state index contributed by atoms with van der Waals surface area (Å²) in [4.78, 5) is 44.7. The molecule has 14 heteroatoms. The minimum atomic E-state index is -0.243. The Morgan fingerprint density at radius 1 is 0.255 bits per heavy atom. The van der Waals surface area contributed by atoms with Gasteiger partial charge < -0.3 is 47.2 Å². The van der Waals surface area contributed by atoms with Gasteiger partial charge >= 0.3 is 0 Å². The summed E-state index contributed by atoms with van der Waals surface area (Å²) in [5.41, 5.74) is 11.4. The molecule has 0 aliphatic carbocycles. The predicted octanol–water partition coefficient (Wildman–Crippen LogP) is 16.9. The fraction of sp³-hybridized carbons (Fsp3) is 0.100. The first kappa shape index (κ1) is 55.9. The summed E-state index contributed by atoms with van der Waals surface area (Å²) in [6, 6.07) is 68.9. The summed E-state index contributed by atoms with van der Waals surface area (Å²) in [6.07, 6.45) is 0. The highest BCUT2D eigenvalue weighted by molar-refractivity contribution is 6.16. The van der Waals surface area contributed by atoms with E-state index in [1.54, 1.807) is 62.9 Å². The Hall–Kier alpha value is -12.2. The number of benzene rings is 11. The van der Waals surface area contributed by atoms with E-state index in [9.17, 15) is 0 Å². The van der Waals surface area contributed by atoms with Crippen LogP contribution in [-0.4, -0.2) is 75.5 Å². The number of aromatic nitrogens is 4. The third-order valence-corrected chi connectivity index (χ3v) is 19.1. The van der Waals surface area contributed by atoms with Gasteiger partial charge in [0, 0.05) is 77.1 Å². The van der Waals surface area contributed by atoms with Crippen molar-refractivity contribution >= 4 is 130 Å². The fourth-order valence-corrected chi connectivity index (χ4v) is 14.6. The molecule has 4 aromatic heterocycles. The Morgan fingerprint density at radius 3 is 1.06 bits per heavy atom. The van der Waals surface area contributed by atoms with E-state index in [1.165, 1.54) is 0 Å². The minimum absolute atomic E-state index is 0.226. The lowest BCUT2D eigenvalue weighted by atomic mass is 9.91. The maximum absolute atomic E-state index is 16.4. The number of rotatable bonds is 12. The van der Waals surface area contributed by atoms with Crippen LogP contribution in [0, 0.1) is 0 Å². The first-order chi connectivity index (χ1) is 46.0. The summed E-state index contributed by atoms with van der Waals surface area (Å²) in [6.45, 7) is 0. The second-order valence-electron chi connectivity index (χ2n) is 23.7. The normalized spacial score (nSPS) is 11.9. The van der Waals surface area contributed by atoms with Crippen molar-refractivity contribution in [1.82, 2.24) is 18.6 Å². The monoisotopic (exact) mass is 1230 g/mol. The second-order valence-corrected chi connectivity index (χ2v) is 23.7. The Balaban J connectivity index is 0.945. The summed E-state index contributed by atoms with van der Waals surface area (Å²) in [5.74, 6) is 4.22. The molecule has 17 aromatic rings. The number of ether oxygens (including phenoxy) is 6. The Kier molecular flexibility index (Phi) is 12.6. The van der Waals surface area contributed by atoms with E-state index >= 15 is 9.59 Å². The summed E-state index contributed by atoms with van der Waals surface area (Å²) >= 11 is 0. The van der Waals surface area contributed by atoms with E-state index in [0.717, 1.165) is 132 Å². The third-order valence-electron chi connectivity index (χ3n) is 19.1. The lowest BCUT2D eigenvalue weighted by Gasteiger charge is -2.15. The number of nitrogens with zero attached hydrogens (tertiary/aromatic N) is 4. The molecule has 0 fully saturated rings. The van der Waals surface area contributed by atoms with Gasteiger partial charge in [0.1, 0.15) is 48.7 Å². The Morgan fingerprint density at radius 2 is 0.617 bits per heavy atom. The molecule has 17 rings (SSSR count). The highest BCUT2D eigenvalue weighted by Crippen LogP contribution is 2.45. The lowest BCUT2D eigenvalue weighted by molar-refractivity contribution is 0.190. The van der Waals surface area contributed by atoms with Gasteiger partial charge in [0.05, 0.1) is 97.9 Å². The number of hydrogen-bond acceptors (Lipinski definition) is 10. The van der Waals surface area contributed by atoms with Crippen LogP contribution in [-0.2, 0) is 0 Å². The third kappa shape index (κ3) is 8.21. The molecule has 0 aliphatic heterocycles. The fourth-order valence-electron chi connectivity index (χ4n) is 14.6. The van der Waals surface area contributed by atoms with Gasteiger partial charge in [-0.2, -0.15) is 9.46 Å². The zero-order chi connectivity index (χ0) is 63.9. The summed E-state index contributed by atoms with van der Waals surface area (Å²) in [7, 11) is 13.3. The van der Waals surface area contributed by atoms with Gasteiger partial charge in [0.15, 0.2) is 10.9 Å². The number of fused-ring (bicyclic) bond motifs is 16. The standard InChI is InChI=1S/C80H58N4O10/c1-87-50-17-25-69-65(35-50)66-36-51(88-2)18-26-70(66)81(69)49-30-48-12-11-44-29-43-9-10-45-31-60(46-13-21-56-58-23-15-54(91-5)39-75(58)83(93-7)73(56)32-46)61(47-14-22-57-59-24-16-55(92-6)40-76(59)84(94-8)74(57)33-47)41-62(45)79(85)63(43)42-64(44)80(86)78(48)77(34-49)82-71-27-19-52(89-3)37-67(71)68-38-53(90-4)20-28-72(68)82/h9-42H,1-8H3. The van der Waals surface area contributed by atoms with Crippen molar-refractivity contribution < 1.29 is 38.1 Å². The van der Waals surface area contributed by atoms with Crippen LogP contribution in [0.25, 0.3) is 164 Å². The van der Waals surface area contributed by atoms with Crippen LogP contribution in [0.1, 0.15) is 0 Å². The van der Waals surface area contributed by atoms with Crippen molar-refractivity contribution in [2.45, 2.75) is 0 Å². The topological polar surface area (TPSA) is 128 Å². The molecular formula is C80H58N4O10. The summed E-state index contributed by atoms with van der Waals surface area (Å²) in [5, 5.41) is 12.2. The van der Waals surface area contributed by atoms with Crippen molar-refractivity contribution in [2.24, 2.45) is 0 Å². The molecule has 94 heavy (non-hydrogen) atoms. The maximum atomic E-state index is 16.4. The molecule has 0 N–H and O–H groups in total. The highest BCUT2D eigenvalue weighted by Gasteiger charge is 2.24. The molecule has 0 radical (unpaired) electrons. The molecular weight excluding hydrogens is 1180 g/mol. The van der Waals surface area contributed by atoms with Gasteiger partial charge in [0.25, 0.3) is 0 Å². The molecule has 0 saturated heterocycles. The molecule has 0 aliphatic rings. The van der Waals surface area contributed by atoms with Crippen molar-refractivity contribution in [2.75, 3.05) is 56.9 Å². The quantitative estimate of drug-likeness (QED) is 0.117. The molecule has 0 bridgehead atoms. The number of methoxy groups -OCH3 is 6. The average Bonchev–Trinajstić information content (AvgIpc) is 1.54. The number of hydrogen-bond donors (Lipinski definition) is 0. The van der Waals surface area contributed by atoms with E-state index in [4.69, 9.17) is 38.1 Å². The largest absolute Gasteiger partial charge is 0.497 e. The van der Waals surface area contributed by atoms with Crippen LogP contribution in [0.2, 0.25) is 0 Å². The van der Waals surface area contributed by atoms with Gasteiger partial charge in [-0.15, -0.1) is 0 Å². The van der Waals surface area contributed by atoms with E-state index in [1.807, 2.05) is 137 Å². The molecule has 13 aromatic carbocycles. The van der Waals surface area contributed by atoms with Crippen LogP contribution >= 0.6 is 0 Å². The zero-order valence-corrected chi connectivity index (χ0v) is 52.5. The molecule has 0 spiro atoms. The van der Waals surface area contributed by atoms with Crippen molar-refractivity contribution in [3.05, 3.63) is 227 Å². The Bertz CT molecular complexity index is 6170. The average molecular weight is 1240 g/mol. The minimum Gasteiger partial charge on any atom is -0.497 e. The van der Waals surface area contributed by atoms with Crippen LogP contribution in [0.5, 0.6) is 34.5 Å². The highest BCUT2D eigenvalue weighted by atomic mass is 16.6. The second kappa shape index (κ2) is 21.2. The van der Waals surface area contributed by atoms with Crippen LogP contribution in [0.4, 0.5) is 0 Å². The molecule has 0 amide bonds. The van der Waals surface area contributed by atoms with Crippen LogP contribution < -0.4 is 49.0 Å². The first-order valence-corrected chi connectivity index (χ1v) is 30.7. The smallest absolute Gasteiger partial charge is 0.196 e.